The molecule has 14 heavy (non-hydrogen) atoms. The lowest BCUT2D eigenvalue weighted by molar-refractivity contribution is 0.550. The van der Waals surface area contributed by atoms with Gasteiger partial charge >= 0.3 is 0 Å². The lowest BCUT2D eigenvalue weighted by Crippen LogP contribution is -2.16. The minimum atomic E-state index is -0.0493. The lowest BCUT2D eigenvalue weighted by atomic mass is 9.96. The maximum absolute atomic E-state index is 5.85. The highest BCUT2D eigenvalue weighted by atomic mass is 32.1. The van der Waals surface area contributed by atoms with E-state index in [2.05, 4.69) is 30.7 Å². The first kappa shape index (κ1) is 9.40. The molecule has 0 amide bonds. The summed E-state index contributed by atoms with van der Waals surface area (Å²) < 4.78 is 0. The molecule has 0 aliphatic heterocycles. The number of hydrogen-bond acceptors (Lipinski definition) is 4. The fourth-order valence-electron chi connectivity index (χ4n) is 1.21. The summed E-state index contributed by atoms with van der Waals surface area (Å²) in [5.74, 6) is 1.39. The van der Waals surface area contributed by atoms with Gasteiger partial charge in [-0.05, 0) is 11.4 Å². The number of fused-ring (bicyclic) bond motifs is 1. The van der Waals surface area contributed by atoms with Crippen LogP contribution in [0.25, 0.3) is 10.2 Å². The van der Waals surface area contributed by atoms with Gasteiger partial charge in [-0.15, -0.1) is 11.3 Å². The van der Waals surface area contributed by atoms with Crippen molar-refractivity contribution in [2.75, 3.05) is 5.73 Å². The summed E-state index contributed by atoms with van der Waals surface area (Å²) in [6, 6.07) is 1.96. The van der Waals surface area contributed by atoms with Gasteiger partial charge in [0, 0.05) is 5.41 Å². The first-order valence-corrected chi connectivity index (χ1v) is 5.37. The topological polar surface area (TPSA) is 51.8 Å². The molecule has 4 heteroatoms. The van der Waals surface area contributed by atoms with Crippen LogP contribution in [0.2, 0.25) is 0 Å². The van der Waals surface area contributed by atoms with Gasteiger partial charge in [-0.25, -0.2) is 9.97 Å². The van der Waals surface area contributed by atoms with Crippen molar-refractivity contribution in [3.05, 3.63) is 17.3 Å². The standard InChI is InChI=1S/C10H13N3S/c1-10(2,3)9-12-7(11)6-4-5-14-8(6)13-9/h4-5H,1-3H3,(H2,11,12,13). The van der Waals surface area contributed by atoms with Crippen LogP contribution < -0.4 is 5.73 Å². The van der Waals surface area contributed by atoms with Crippen LogP contribution in [0.1, 0.15) is 26.6 Å². The maximum atomic E-state index is 5.85. The van der Waals surface area contributed by atoms with E-state index >= 15 is 0 Å². The van der Waals surface area contributed by atoms with Gasteiger partial charge in [0.1, 0.15) is 16.5 Å². The van der Waals surface area contributed by atoms with Crippen molar-refractivity contribution in [1.29, 1.82) is 0 Å². The summed E-state index contributed by atoms with van der Waals surface area (Å²) >= 11 is 1.60. The van der Waals surface area contributed by atoms with Crippen LogP contribution in [0.3, 0.4) is 0 Å². The quantitative estimate of drug-likeness (QED) is 0.722. The molecule has 74 valence electrons. The molecule has 0 spiro atoms. The summed E-state index contributed by atoms with van der Waals surface area (Å²) in [6.07, 6.45) is 0. The Morgan fingerprint density at radius 2 is 2.00 bits per heavy atom. The van der Waals surface area contributed by atoms with Gasteiger partial charge in [-0.3, -0.25) is 0 Å². The number of nitrogen functional groups attached to an aromatic ring is 1. The first-order chi connectivity index (χ1) is 6.48. The number of thiophene rings is 1. The zero-order valence-electron chi connectivity index (χ0n) is 8.53. The van der Waals surface area contributed by atoms with Gasteiger partial charge in [0.05, 0.1) is 5.39 Å². The third-order valence-electron chi connectivity index (χ3n) is 2.03. The summed E-state index contributed by atoms with van der Waals surface area (Å²) in [5.41, 5.74) is 5.80. The van der Waals surface area contributed by atoms with Crippen molar-refractivity contribution in [3.63, 3.8) is 0 Å². The highest BCUT2D eigenvalue weighted by Gasteiger charge is 2.19. The smallest absolute Gasteiger partial charge is 0.137 e. The Bertz CT molecular complexity index is 468. The van der Waals surface area contributed by atoms with Gasteiger partial charge in [0.25, 0.3) is 0 Å². The number of nitrogens with two attached hydrogens (primary N) is 1. The van der Waals surface area contributed by atoms with Crippen LogP contribution in [0, 0.1) is 0 Å². The first-order valence-electron chi connectivity index (χ1n) is 4.49. The highest BCUT2D eigenvalue weighted by Crippen LogP contribution is 2.27. The molecular formula is C10H13N3S. The summed E-state index contributed by atoms with van der Waals surface area (Å²) in [7, 11) is 0. The predicted octanol–water partition coefficient (Wildman–Crippen LogP) is 2.57. The van der Waals surface area contributed by atoms with Crippen molar-refractivity contribution in [2.45, 2.75) is 26.2 Å². The molecule has 2 rings (SSSR count). The van der Waals surface area contributed by atoms with Gasteiger partial charge in [0.2, 0.25) is 0 Å². The normalized spacial score (nSPS) is 12.2. The Morgan fingerprint density at radius 3 is 2.64 bits per heavy atom. The Hall–Kier alpha value is -1.16. The molecule has 0 aliphatic rings. The van der Waals surface area contributed by atoms with Crippen molar-refractivity contribution in [3.8, 4) is 0 Å². The number of nitrogens with zero attached hydrogens (tertiary/aromatic N) is 2. The van der Waals surface area contributed by atoms with E-state index in [0.29, 0.717) is 5.82 Å². The molecular weight excluding hydrogens is 194 g/mol. The zero-order chi connectivity index (χ0) is 10.3. The molecule has 0 saturated heterocycles. The van der Waals surface area contributed by atoms with Gasteiger partial charge < -0.3 is 5.73 Å². The van der Waals surface area contributed by atoms with Crippen LogP contribution in [0.4, 0.5) is 5.82 Å². The van der Waals surface area contributed by atoms with Crippen molar-refractivity contribution in [2.24, 2.45) is 0 Å². The van der Waals surface area contributed by atoms with Crippen LogP contribution >= 0.6 is 11.3 Å². The maximum Gasteiger partial charge on any atom is 0.137 e. The Kier molecular flexibility index (Phi) is 1.96. The van der Waals surface area contributed by atoms with E-state index in [1.54, 1.807) is 11.3 Å². The molecule has 0 saturated carbocycles. The zero-order valence-corrected chi connectivity index (χ0v) is 9.35. The predicted molar refractivity (Wildman–Crippen MR) is 60.5 cm³/mol. The number of aromatic nitrogens is 2. The van der Waals surface area contributed by atoms with Crippen LogP contribution in [-0.4, -0.2) is 9.97 Å². The largest absolute Gasteiger partial charge is 0.383 e. The summed E-state index contributed by atoms with van der Waals surface area (Å²) in [4.78, 5) is 9.79. The molecule has 3 nitrogen and oxygen atoms in total. The second-order valence-electron chi connectivity index (χ2n) is 4.32. The molecule has 0 aliphatic carbocycles. The van der Waals surface area contributed by atoms with E-state index in [9.17, 15) is 0 Å². The third kappa shape index (κ3) is 1.46. The molecule has 2 aromatic rings. The second-order valence-corrected chi connectivity index (χ2v) is 5.22. The minimum absolute atomic E-state index is 0.0493. The van der Waals surface area contributed by atoms with E-state index in [4.69, 9.17) is 5.73 Å². The number of hydrogen-bond donors (Lipinski definition) is 1. The van der Waals surface area contributed by atoms with E-state index < -0.39 is 0 Å². The Balaban J connectivity index is 2.70. The van der Waals surface area contributed by atoms with E-state index in [0.717, 1.165) is 16.0 Å². The fraction of sp³-hybridized carbons (Fsp3) is 0.400. The lowest BCUT2D eigenvalue weighted by Gasteiger charge is -2.16. The molecule has 0 bridgehead atoms. The van der Waals surface area contributed by atoms with Crippen LogP contribution in [0.15, 0.2) is 11.4 Å². The monoisotopic (exact) mass is 207 g/mol. The van der Waals surface area contributed by atoms with Gasteiger partial charge in [-0.1, -0.05) is 20.8 Å². The molecule has 0 radical (unpaired) electrons. The summed E-state index contributed by atoms with van der Waals surface area (Å²) in [5, 5.41) is 2.95. The third-order valence-corrected chi connectivity index (χ3v) is 2.83. The fourth-order valence-corrected chi connectivity index (χ4v) is 1.99. The molecule has 0 unspecified atom stereocenters. The molecule has 0 aromatic carbocycles. The van der Waals surface area contributed by atoms with Gasteiger partial charge in [0.15, 0.2) is 0 Å². The minimum Gasteiger partial charge on any atom is -0.383 e. The molecule has 0 fully saturated rings. The van der Waals surface area contributed by atoms with Crippen molar-refractivity contribution >= 4 is 27.4 Å². The molecule has 2 N–H and O–H groups in total. The van der Waals surface area contributed by atoms with Crippen molar-refractivity contribution in [1.82, 2.24) is 9.97 Å². The molecule has 2 heterocycles. The molecule has 0 atom stereocenters. The van der Waals surface area contributed by atoms with E-state index in [1.807, 2.05) is 11.4 Å². The second kappa shape index (κ2) is 2.92. The van der Waals surface area contributed by atoms with E-state index in [-0.39, 0.29) is 5.41 Å². The Labute approximate surface area is 87.0 Å². The van der Waals surface area contributed by atoms with Crippen LogP contribution in [0.5, 0.6) is 0 Å². The number of anilines is 1. The average Bonchev–Trinajstić information content (AvgIpc) is 2.50. The highest BCUT2D eigenvalue weighted by molar-refractivity contribution is 7.16. The van der Waals surface area contributed by atoms with E-state index in [1.165, 1.54) is 0 Å². The Morgan fingerprint density at radius 1 is 1.29 bits per heavy atom. The van der Waals surface area contributed by atoms with Crippen molar-refractivity contribution < 1.29 is 0 Å². The SMILES string of the molecule is CC(C)(C)c1nc(N)c2ccsc2n1. The summed E-state index contributed by atoms with van der Waals surface area (Å²) in [6.45, 7) is 6.25. The van der Waals surface area contributed by atoms with Gasteiger partial charge in [-0.2, -0.15) is 0 Å². The molecule has 2 aromatic heterocycles. The number of rotatable bonds is 0. The average molecular weight is 207 g/mol. The van der Waals surface area contributed by atoms with Crippen LogP contribution in [-0.2, 0) is 5.41 Å².